The minimum absolute atomic E-state index is 0.249. The van der Waals surface area contributed by atoms with E-state index in [4.69, 9.17) is 9.72 Å². The number of ether oxygens (including phenoxy) is 1. The van der Waals surface area contributed by atoms with Crippen LogP contribution in [0, 0.1) is 0 Å². The first-order valence-corrected chi connectivity index (χ1v) is 8.81. The third-order valence-corrected chi connectivity index (χ3v) is 5.05. The molecule has 2 aliphatic heterocycles. The highest BCUT2D eigenvalue weighted by molar-refractivity contribution is 5.90. The predicted octanol–water partition coefficient (Wildman–Crippen LogP) is 3.15. The number of para-hydroxylation sites is 2. The largest absolute Gasteiger partial charge is 0.447 e. The van der Waals surface area contributed by atoms with E-state index < -0.39 is 0 Å². The molecule has 0 aliphatic carbocycles. The van der Waals surface area contributed by atoms with E-state index in [2.05, 4.69) is 16.0 Å². The smallest absolute Gasteiger partial charge is 0.414 e. The Hall–Kier alpha value is -3.15. The van der Waals surface area contributed by atoms with E-state index in [9.17, 15) is 4.79 Å². The molecule has 3 aromatic rings. The maximum atomic E-state index is 11.9. The fourth-order valence-electron chi connectivity index (χ4n) is 3.75. The van der Waals surface area contributed by atoms with Crippen LogP contribution in [0.4, 0.5) is 16.3 Å². The van der Waals surface area contributed by atoms with Crippen molar-refractivity contribution in [1.82, 2.24) is 9.97 Å². The van der Waals surface area contributed by atoms with Crippen LogP contribution < -0.4 is 9.80 Å². The van der Waals surface area contributed by atoms with Crippen molar-refractivity contribution < 1.29 is 9.53 Å². The van der Waals surface area contributed by atoms with E-state index in [0.717, 1.165) is 42.0 Å². The van der Waals surface area contributed by atoms with Crippen LogP contribution in [-0.4, -0.2) is 35.8 Å². The summed E-state index contributed by atoms with van der Waals surface area (Å²) in [4.78, 5) is 25.2. The number of hydrogen-bond donors (Lipinski definition) is 0. The standard InChI is InChI=1S/C20H18N4O2/c25-20-24(10-11-26-20)18-7-3-4-14-13-23(9-8-15(14)18)19-12-21-16-5-1-2-6-17(16)22-19/h1-7,12H,8-11,13H2. The van der Waals surface area contributed by atoms with E-state index >= 15 is 0 Å². The van der Waals surface area contributed by atoms with Gasteiger partial charge >= 0.3 is 6.09 Å². The second-order valence-corrected chi connectivity index (χ2v) is 6.57. The molecule has 0 unspecified atom stereocenters. The highest BCUT2D eigenvalue weighted by Gasteiger charge is 2.28. The van der Waals surface area contributed by atoms with Crippen LogP contribution in [-0.2, 0) is 17.7 Å². The van der Waals surface area contributed by atoms with Gasteiger partial charge in [-0.2, -0.15) is 0 Å². The number of anilines is 2. The first kappa shape index (κ1) is 15.1. The number of nitrogens with zero attached hydrogens (tertiary/aromatic N) is 4. The average Bonchev–Trinajstić information content (AvgIpc) is 3.12. The Labute approximate surface area is 151 Å². The van der Waals surface area contributed by atoms with Gasteiger partial charge in [0.1, 0.15) is 12.4 Å². The molecule has 0 atom stereocenters. The summed E-state index contributed by atoms with van der Waals surface area (Å²) in [5.41, 5.74) is 5.25. The van der Waals surface area contributed by atoms with Crippen molar-refractivity contribution >= 4 is 28.6 Å². The second-order valence-electron chi connectivity index (χ2n) is 6.57. The SMILES string of the molecule is O=C1OCCN1c1cccc2c1CCN(c1cnc3ccccc3n1)C2. The van der Waals surface area contributed by atoms with Gasteiger partial charge in [0.2, 0.25) is 0 Å². The Morgan fingerprint density at radius 1 is 1.00 bits per heavy atom. The molecule has 2 aromatic carbocycles. The summed E-state index contributed by atoms with van der Waals surface area (Å²) < 4.78 is 5.10. The normalized spacial score (nSPS) is 16.7. The molecule has 0 bridgehead atoms. The molecule has 3 heterocycles. The second kappa shape index (κ2) is 5.98. The van der Waals surface area contributed by atoms with Crippen molar-refractivity contribution in [3.05, 3.63) is 59.8 Å². The molecule has 1 aromatic heterocycles. The molecule has 1 saturated heterocycles. The van der Waals surface area contributed by atoms with E-state index in [0.29, 0.717) is 13.2 Å². The van der Waals surface area contributed by atoms with Crippen LogP contribution in [0.3, 0.4) is 0 Å². The first-order valence-electron chi connectivity index (χ1n) is 8.81. The van der Waals surface area contributed by atoms with E-state index in [-0.39, 0.29) is 6.09 Å². The van der Waals surface area contributed by atoms with Crippen LogP contribution >= 0.6 is 0 Å². The molecule has 6 heteroatoms. The summed E-state index contributed by atoms with van der Waals surface area (Å²) in [6, 6.07) is 14.1. The molecule has 1 fully saturated rings. The van der Waals surface area contributed by atoms with E-state index in [1.165, 1.54) is 11.1 Å². The summed E-state index contributed by atoms with van der Waals surface area (Å²) in [7, 11) is 0. The lowest BCUT2D eigenvalue weighted by Crippen LogP contribution is -2.33. The van der Waals surface area contributed by atoms with Crippen molar-refractivity contribution in [3.8, 4) is 0 Å². The van der Waals surface area contributed by atoms with Gasteiger partial charge in [-0.3, -0.25) is 9.88 Å². The molecular formula is C20H18N4O2. The van der Waals surface area contributed by atoms with Gasteiger partial charge in [0.05, 0.1) is 29.5 Å². The minimum Gasteiger partial charge on any atom is -0.447 e. The lowest BCUT2D eigenvalue weighted by molar-refractivity contribution is 0.181. The summed E-state index contributed by atoms with van der Waals surface area (Å²) in [6.45, 7) is 2.69. The number of benzene rings is 2. The van der Waals surface area contributed by atoms with Gasteiger partial charge in [-0.15, -0.1) is 0 Å². The Morgan fingerprint density at radius 3 is 2.73 bits per heavy atom. The monoisotopic (exact) mass is 346 g/mol. The highest BCUT2D eigenvalue weighted by Crippen LogP contribution is 2.32. The molecule has 0 saturated carbocycles. The van der Waals surface area contributed by atoms with Gasteiger partial charge in [-0.25, -0.2) is 9.78 Å². The third-order valence-electron chi connectivity index (χ3n) is 5.05. The Balaban J connectivity index is 1.47. The van der Waals surface area contributed by atoms with Gasteiger partial charge in [-0.05, 0) is 35.7 Å². The molecule has 5 rings (SSSR count). The molecular weight excluding hydrogens is 328 g/mol. The Kier molecular flexibility index (Phi) is 3.48. The topological polar surface area (TPSA) is 58.6 Å². The molecule has 130 valence electrons. The van der Waals surface area contributed by atoms with Crippen LogP contribution in [0.5, 0.6) is 0 Å². The van der Waals surface area contributed by atoms with Gasteiger partial charge in [0.25, 0.3) is 0 Å². The highest BCUT2D eigenvalue weighted by atomic mass is 16.6. The summed E-state index contributed by atoms with van der Waals surface area (Å²) >= 11 is 0. The van der Waals surface area contributed by atoms with Crippen LogP contribution in [0.25, 0.3) is 11.0 Å². The lowest BCUT2D eigenvalue weighted by Gasteiger charge is -2.32. The number of carbonyl (C=O) groups is 1. The zero-order valence-corrected chi connectivity index (χ0v) is 14.3. The zero-order chi connectivity index (χ0) is 17.5. The molecule has 1 amide bonds. The maximum Gasteiger partial charge on any atom is 0.414 e. The zero-order valence-electron chi connectivity index (χ0n) is 14.3. The summed E-state index contributed by atoms with van der Waals surface area (Å²) in [6.07, 6.45) is 2.46. The van der Waals surface area contributed by atoms with Crippen LogP contribution in [0.2, 0.25) is 0 Å². The van der Waals surface area contributed by atoms with E-state index in [1.54, 1.807) is 4.90 Å². The number of amides is 1. The van der Waals surface area contributed by atoms with Gasteiger partial charge in [-0.1, -0.05) is 24.3 Å². The summed E-state index contributed by atoms with van der Waals surface area (Å²) in [5, 5.41) is 0. The van der Waals surface area contributed by atoms with Crippen molar-refractivity contribution in [3.63, 3.8) is 0 Å². The lowest BCUT2D eigenvalue weighted by atomic mass is 9.97. The fourth-order valence-corrected chi connectivity index (χ4v) is 3.75. The predicted molar refractivity (Wildman–Crippen MR) is 99.4 cm³/mol. The molecule has 0 radical (unpaired) electrons. The van der Waals surface area contributed by atoms with Crippen LogP contribution in [0.15, 0.2) is 48.7 Å². The summed E-state index contributed by atoms with van der Waals surface area (Å²) in [5.74, 6) is 0.889. The quantitative estimate of drug-likeness (QED) is 0.713. The molecule has 26 heavy (non-hydrogen) atoms. The van der Waals surface area contributed by atoms with Crippen LogP contribution in [0.1, 0.15) is 11.1 Å². The van der Waals surface area contributed by atoms with Crippen molar-refractivity contribution in [1.29, 1.82) is 0 Å². The first-order chi connectivity index (χ1) is 12.8. The number of carbonyl (C=O) groups excluding carboxylic acids is 1. The van der Waals surface area contributed by atoms with Gasteiger partial charge < -0.3 is 9.64 Å². The number of rotatable bonds is 2. The fraction of sp³-hybridized carbons (Fsp3) is 0.250. The van der Waals surface area contributed by atoms with Crippen molar-refractivity contribution in [2.45, 2.75) is 13.0 Å². The van der Waals surface area contributed by atoms with Gasteiger partial charge in [0.15, 0.2) is 0 Å². The van der Waals surface area contributed by atoms with Crippen molar-refractivity contribution in [2.24, 2.45) is 0 Å². The number of hydrogen-bond acceptors (Lipinski definition) is 5. The molecule has 6 nitrogen and oxygen atoms in total. The number of aromatic nitrogens is 2. The molecule has 0 spiro atoms. The Morgan fingerprint density at radius 2 is 1.88 bits per heavy atom. The third kappa shape index (κ3) is 2.45. The minimum atomic E-state index is -0.249. The van der Waals surface area contributed by atoms with Gasteiger partial charge in [0, 0.05) is 13.1 Å². The number of fused-ring (bicyclic) bond motifs is 2. The van der Waals surface area contributed by atoms with Crippen molar-refractivity contribution in [2.75, 3.05) is 29.5 Å². The molecule has 2 aliphatic rings. The maximum absolute atomic E-state index is 11.9. The molecule has 0 N–H and O–H groups in total. The van der Waals surface area contributed by atoms with E-state index in [1.807, 2.05) is 42.6 Å². The Bertz CT molecular complexity index is 1000. The average molecular weight is 346 g/mol. The number of cyclic esters (lactones) is 1.